The van der Waals surface area contributed by atoms with Crippen LogP contribution in [0.3, 0.4) is 0 Å². The van der Waals surface area contributed by atoms with Crippen LogP contribution in [-0.4, -0.2) is 127 Å². The van der Waals surface area contributed by atoms with Gasteiger partial charge in [-0.05, 0) is 128 Å². The number of hydroxylamine groups is 2. The van der Waals surface area contributed by atoms with E-state index >= 15 is 0 Å². The maximum atomic E-state index is 14.7. The Kier molecular flexibility index (Phi) is 14.2. The van der Waals surface area contributed by atoms with Crippen molar-refractivity contribution in [1.82, 2.24) is 34.8 Å². The monoisotopic (exact) mass is 957 g/mol. The van der Waals surface area contributed by atoms with Crippen molar-refractivity contribution in [2.45, 2.75) is 154 Å². The molecule has 6 aliphatic rings. The number of hydrogen-bond acceptors (Lipinski definition) is 11. The molecule has 9 rings (SSSR count). The number of fused-ring (bicyclic) bond motifs is 5. The van der Waals surface area contributed by atoms with E-state index in [1.807, 2.05) is 44.8 Å². The fourth-order valence-corrected chi connectivity index (χ4v) is 12.5. The zero-order valence-corrected chi connectivity index (χ0v) is 43.0. The number of hydrogen-bond donors (Lipinski definition) is 1. The molecule has 2 fully saturated rings. The van der Waals surface area contributed by atoms with Crippen LogP contribution < -0.4 is 9.64 Å². The fraction of sp³-hybridized carbons (Fsp3) is 0.589. The normalized spacial score (nSPS) is 24.1. The van der Waals surface area contributed by atoms with Crippen molar-refractivity contribution >= 4 is 29.0 Å². The standard InChI is InChI=1S/C56H76N8O6/c1-9-62(10-2)56(7)26-25-43-47(36-56)69-51-44-32-38-20-19-27-59(8)45(38)33-46(44)70-53(67)50(51)49(43)41-22-17-18-23-42(41)52(66)61-30-28-60(29-31-61)48(65)24-16-14-12-11-13-15-21-39-37-63(58-57-39)40-34-54(3,4)64(68)55(5,6)35-40/h17-18,22-23,25-26,32-33,36-37,40,50-51,68H,9-16,19-21,24,27-31,34-35H2,1-8H3. The van der Waals surface area contributed by atoms with E-state index in [0.29, 0.717) is 55.2 Å². The second-order valence-corrected chi connectivity index (χ2v) is 22.1. The average Bonchev–Trinajstić information content (AvgIpc) is 3.82. The van der Waals surface area contributed by atoms with Gasteiger partial charge in [-0.15, -0.1) is 5.10 Å². The van der Waals surface area contributed by atoms with E-state index in [-0.39, 0.29) is 34.9 Å². The van der Waals surface area contributed by atoms with Crippen molar-refractivity contribution in [2.24, 2.45) is 5.92 Å². The van der Waals surface area contributed by atoms with Gasteiger partial charge in [-0.1, -0.05) is 75.1 Å². The highest BCUT2D eigenvalue weighted by molar-refractivity contribution is 6.04. The van der Waals surface area contributed by atoms with Crippen LogP contribution in [0, 0.1) is 5.92 Å². The van der Waals surface area contributed by atoms with E-state index in [9.17, 15) is 19.6 Å². The zero-order valence-electron chi connectivity index (χ0n) is 43.0. The molecule has 0 radical (unpaired) electrons. The van der Waals surface area contributed by atoms with Gasteiger partial charge in [-0.25, -0.2) is 4.68 Å². The summed E-state index contributed by atoms with van der Waals surface area (Å²) in [5.74, 6) is 0.103. The number of ether oxygens (including phenoxy) is 2. The molecule has 1 N–H and O–H groups in total. The lowest BCUT2D eigenvalue weighted by atomic mass is 9.74. The highest BCUT2D eigenvalue weighted by Crippen LogP contribution is 2.54. The van der Waals surface area contributed by atoms with E-state index in [0.717, 1.165) is 118 Å². The molecule has 0 saturated carbocycles. The van der Waals surface area contributed by atoms with Gasteiger partial charge in [0.1, 0.15) is 23.5 Å². The zero-order chi connectivity index (χ0) is 49.5. The summed E-state index contributed by atoms with van der Waals surface area (Å²) in [5, 5.41) is 21.2. The number of carbonyl (C=O) groups excluding carboxylic acids is 3. The first kappa shape index (κ1) is 49.7. The number of benzene rings is 2. The number of anilines is 1. The second-order valence-electron chi connectivity index (χ2n) is 22.1. The van der Waals surface area contributed by atoms with E-state index in [1.54, 1.807) is 0 Å². The van der Waals surface area contributed by atoms with Gasteiger partial charge in [0.25, 0.3) is 5.91 Å². The number of likely N-dealkylation sites (N-methyl/N-ethyl adjacent to an activating group) is 1. The van der Waals surface area contributed by atoms with Crippen LogP contribution >= 0.6 is 0 Å². The summed E-state index contributed by atoms with van der Waals surface area (Å²) in [6.45, 7) is 19.3. The summed E-state index contributed by atoms with van der Waals surface area (Å²) in [7, 11) is 2.08. The Morgan fingerprint density at radius 1 is 0.886 bits per heavy atom. The molecule has 2 amide bonds. The first-order chi connectivity index (χ1) is 33.5. The number of nitrogens with zero attached hydrogens (tertiary/aromatic N) is 8. The highest BCUT2D eigenvalue weighted by atomic mass is 16.6. The van der Waals surface area contributed by atoms with E-state index in [2.05, 4.69) is 106 Å². The maximum Gasteiger partial charge on any atom is 0.323 e. The molecule has 0 spiro atoms. The van der Waals surface area contributed by atoms with Crippen LogP contribution in [0.5, 0.6) is 5.75 Å². The van der Waals surface area contributed by atoms with Crippen LogP contribution in [0.15, 0.2) is 72.2 Å². The number of esters is 1. The third kappa shape index (κ3) is 9.72. The Morgan fingerprint density at radius 2 is 1.57 bits per heavy atom. The minimum atomic E-state index is -0.790. The molecule has 3 unspecified atom stereocenters. The molecule has 6 heterocycles. The second kappa shape index (κ2) is 20.1. The van der Waals surface area contributed by atoms with E-state index < -0.39 is 17.6 Å². The number of rotatable bonds is 15. The van der Waals surface area contributed by atoms with E-state index in [1.165, 1.54) is 10.6 Å². The smallest absolute Gasteiger partial charge is 0.323 e. The Labute approximate surface area is 415 Å². The highest BCUT2D eigenvalue weighted by Gasteiger charge is 2.50. The van der Waals surface area contributed by atoms with Crippen LogP contribution in [0.2, 0.25) is 0 Å². The molecule has 14 heteroatoms. The van der Waals surface area contributed by atoms with Gasteiger partial charge in [0.05, 0.1) is 17.3 Å². The molecule has 376 valence electrons. The quantitative estimate of drug-likeness (QED) is 0.0888. The average molecular weight is 957 g/mol. The SMILES string of the molecule is CCN(CC)C1(C)C=CC2=C(c3ccccc3C(=O)N3CCN(C(=O)CCCCCCCCc4cn(C5CC(C)(C)N(O)C(C)(C)C5)nn4)CC3)C3C(=O)Oc4cc5c(cc4C3OC2=C1)CCCN5C. The molecule has 1 aliphatic carbocycles. The lowest BCUT2D eigenvalue weighted by Crippen LogP contribution is -2.59. The number of piperazine rings is 1. The molecular weight excluding hydrogens is 881 g/mol. The number of allylic oxidation sites excluding steroid dienone is 1. The van der Waals surface area contributed by atoms with Gasteiger partial charge >= 0.3 is 5.97 Å². The molecule has 14 nitrogen and oxygen atoms in total. The van der Waals surface area contributed by atoms with Gasteiger partial charge in [-0.3, -0.25) is 19.3 Å². The molecule has 5 aliphatic heterocycles. The van der Waals surface area contributed by atoms with Crippen molar-refractivity contribution in [3.05, 3.63) is 100 Å². The Balaban J connectivity index is 0.808. The van der Waals surface area contributed by atoms with Crippen LogP contribution in [0.4, 0.5) is 5.69 Å². The molecule has 3 atom stereocenters. The molecule has 2 aromatic carbocycles. The largest absolute Gasteiger partial charge is 0.484 e. The van der Waals surface area contributed by atoms with Crippen LogP contribution in [-0.2, 0) is 27.2 Å². The number of aryl methyl sites for hydroxylation is 2. The van der Waals surface area contributed by atoms with Crippen LogP contribution in [0.1, 0.15) is 158 Å². The summed E-state index contributed by atoms with van der Waals surface area (Å²) in [4.78, 5) is 50.9. The number of unbranched alkanes of at least 4 members (excludes halogenated alkanes) is 5. The molecule has 3 aromatic rings. The van der Waals surface area contributed by atoms with Crippen molar-refractivity contribution in [3.63, 3.8) is 0 Å². The third-order valence-corrected chi connectivity index (χ3v) is 16.2. The summed E-state index contributed by atoms with van der Waals surface area (Å²) in [6, 6.07) is 12.0. The number of aromatic nitrogens is 3. The number of piperidine rings is 1. The number of carbonyl (C=O) groups is 3. The summed E-state index contributed by atoms with van der Waals surface area (Å²) < 4.78 is 15.3. The minimum absolute atomic E-state index is 0.111. The Bertz CT molecular complexity index is 2530. The summed E-state index contributed by atoms with van der Waals surface area (Å²) in [5.41, 5.74) is 5.87. The summed E-state index contributed by atoms with van der Waals surface area (Å²) in [6.07, 6.45) is 19.2. The maximum absolute atomic E-state index is 14.7. The molecule has 2 saturated heterocycles. The Morgan fingerprint density at radius 3 is 2.30 bits per heavy atom. The van der Waals surface area contributed by atoms with Gasteiger partial charge in [0.15, 0.2) is 0 Å². The van der Waals surface area contributed by atoms with E-state index in [4.69, 9.17) is 9.47 Å². The van der Waals surface area contributed by atoms with Crippen molar-refractivity contribution in [1.29, 1.82) is 0 Å². The minimum Gasteiger partial charge on any atom is -0.484 e. The number of amides is 2. The molecular formula is C56H76N8O6. The predicted molar refractivity (Wildman–Crippen MR) is 271 cm³/mol. The molecule has 0 bridgehead atoms. The lowest BCUT2D eigenvalue weighted by molar-refractivity contribution is -0.249. The molecule has 1 aromatic heterocycles. The van der Waals surface area contributed by atoms with Gasteiger partial charge in [0, 0.05) is 91.9 Å². The van der Waals surface area contributed by atoms with Crippen molar-refractivity contribution in [2.75, 3.05) is 57.8 Å². The lowest BCUT2D eigenvalue weighted by Gasteiger charge is -2.51. The van der Waals surface area contributed by atoms with Crippen molar-refractivity contribution < 1.29 is 29.1 Å². The topological polar surface area (TPSA) is 137 Å². The fourth-order valence-electron chi connectivity index (χ4n) is 12.5. The third-order valence-electron chi connectivity index (χ3n) is 16.2. The Hall–Kier alpha value is -5.31. The van der Waals surface area contributed by atoms with Gasteiger partial charge in [-0.2, -0.15) is 5.06 Å². The summed E-state index contributed by atoms with van der Waals surface area (Å²) >= 11 is 0. The van der Waals surface area contributed by atoms with Gasteiger partial charge in [0.2, 0.25) is 5.91 Å². The van der Waals surface area contributed by atoms with Crippen molar-refractivity contribution in [3.8, 4) is 5.75 Å². The molecule has 70 heavy (non-hydrogen) atoms. The first-order valence-electron chi connectivity index (χ1n) is 26.3. The first-order valence-corrected chi connectivity index (χ1v) is 26.3. The van der Waals surface area contributed by atoms with Crippen LogP contribution in [0.25, 0.3) is 5.57 Å². The predicted octanol–water partition coefficient (Wildman–Crippen LogP) is 9.12. The van der Waals surface area contributed by atoms with Gasteiger partial charge < -0.3 is 29.4 Å².